The summed E-state index contributed by atoms with van der Waals surface area (Å²) < 4.78 is -12.2. The van der Waals surface area contributed by atoms with Crippen LogP contribution in [0, 0.1) is 0 Å². The molecule has 0 rings (SSSR count). The third-order valence-electron chi connectivity index (χ3n) is 3.46. The molecule has 0 nitrogen and oxygen atoms in total. The van der Waals surface area contributed by atoms with Crippen molar-refractivity contribution in [2.24, 2.45) is 0 Å². The average Bonchev–Trinajstić information content (AvgIpc) is 2.49. The van der Waals surface area contributed by atoms with Crippen molar-refractivity contribution in [1.82, 2.24) is 0 Å². The molecular formula is C15H22Cl12. The molecule has 0 aliphatic heterocycles. The minimum absolute atomic E-state index is 1.37. The van der Waals surface area contributed by atoms with Gasteiger partial charge in [-0.2, -0.15) is 0 Å². The summed E-state index contributed by atoms with van der Waals surface area (Å²) in [6.07, 6.45) is 11.5. The molecule has 0 spiro atoms. The largest absolute Gasteiger partial charge is 0.226 e. The lowest BCUT2D eigenvalue weighted by Gasteiger charge is -2.46. The maximum absolute atomic E-state index is 5.82. The van der Waals surface area contributed by atoms with Crippen LogP contribution in [0.5, 0.6) is 0 Å². The quantitative estimate of drug-likeness (QED) is 0.176. The first-order chi connectivity index (χ1) is 11.9. The maximum Gasteiger partial charge on any atom is 0.226 e. The minimum atomic E-state index is -2.53. The van der Waals surface area contributed by atoms with Crippen LogP contribution in [0.15, 0.2) is 0 Å². The Balaban J connectivity index is 0. The molecule has 12 heteroatoms. The van der Waals surface area contributed by atoms with Gasteiger partial charge in [-0.15, -0.1) is 0 Å². The van der Waals surface area contributed by atoms with Gasteiger partial charge >= 0.3 is 0 Å². The highest BCUT2D eigenvalue weighted by Crippen LogP contribution is 2.66. The van der Waals surface area contributed by atoms with Gasteiger partial charge in [0.2, 0.25) is 16.3 Å². The molecule has 0 unspecified atom stereocenters. The fourth-order valence-electron chi connectivity index (χ4n) is 1.76. The van der Waals surface area contributed by atoms with Gasteiger partial charge in [-0.3, -0.25) is 0 Å². The first-order valence-corrected chi connectivity index (χ1v) is 12.7. The Labute approximate surface area is 222 Å². The van der Waals surface area contributed by atoms with E-state index in [0.717, 1.165) is 0 Å². The van der Waals surface area contributed by atoms with Crippen molar-refractivity contribution in [1.29, 1.82) is 0 Å². The number of rotatable bonds is 9. The van der Waals surface area contributed by atoms with E-state index in [0.29, 0.717) is 0 Å². The van der Waals surface area contributed by atoms with Gasteiger partial charge in [0.1, 0.15) is 0 Å². The molecular weight excluding hydrogens is 606 g/mol. The smallest absolute Gasteiger partial charge is 0.0945 e. The van der Waals surface area contributed by atoms with Gasteiger partial charge < -0.3 is 0 Å². The van der Waals surface area contributed by atoms with E-state index in [4.69, 9.17) is 139 Å². The monoisotopic (exact) mass is 622 g/mol. The molecule has 0 heterocycles. The Bertz CT molecular complexity index is 359. The van der Waals surface area contributed by atoms with Gasteiger partial charge in [0.15, 0.2) is 4.33 Å². The summed E-state index contributed by atoms with van der Waals surface area (Å²) in [6.45, 7) is 4.54. The molecule has 0 saturated carbocycles. The van der Waals surface area contributed by atoms with Gasteiger partial charge in [0.25, 0.3) is 0 Å². The van der Waals surface area contributed by atoms with E-state index in [1.54, 1.807) is 0 Å². The zero-order valence-electron chi connectivity index (χ0n) is 14.7. The molecule has 0 N–H and O–H groups in total. The Morgan fingerprint density at radius 3 is 0.778 bits per heavy atom. The zero-order valence-corrected chi connectivity index (χ0v) is 23.8. The van der Waals surface area contributed by atoms with E-state index in [-0.39, 0.29) is 0 Å². The van der Waals surface area contributed by atoms with Crippen LogP contribution in [0.2, 0.25) is 0 Å². The average molecular weight is 628 g/mol. The number of hydrogen-bond acceptors (Lipinski definition) is 0. The third-order valence-corrected chi connectivity index (χ3v) is 10.5. The van der Waals surface area contributed by atoms with Crippen molar-refractivity contribution in [3.05, 3.63) is 0 Å². The number of halogens is 12. The van der Waals surface area contributed by atoms with Crippen molar-refractivity contribution in [2.75, 3.05) is 0 Å². The molecule has 0 aliphatic carbocycles. The second-order valence-corrected chi connectivity index (χ2v) is 14.4. The van der Waals surface area contributed by atoms with Crippen LogP contribution in [-0.4, -0.2) is 20.6 Å². The first kappa shape index (κ1) is 32.7. The highest BCUT2D eigenvalue weighted by Gasteiger charge is 2.73. The molecule has 0 atom stereocenters. The van der Waals surface area contributed by atoms with E-state index in [1.807, 2.05) is 0 Å². The van der Waals surface area contributed by atoms with E-state index in [9.17, 15) is 0 Å². The molecule has 0 fully saturated rings. The van der Waals surface area contributed by atoms with Gasteiger partial charge in [-0.1, -0.05) is 204 Å². The van der Waals surface area contributed by atoms with Crippen molar-refractivity contribution in [3.63, 3.8) is 0 Å². The first-order valence-electron chi connectivity index (χ1n) is 8.18. The summed E-state index contributed by atoms with van der Waals surface area (Å²) in [5.41, 5.74) is 0. The van der Waals surface area contributed by atoms with Crippen molar-refractivity contribution in [2.45, 2.75) is 85.8 Å². The van der Waals surface area contributed by atoms with Crippen LogP contribution in [0.3, 0.4) is 0 Å². The fraction of sp³-hybridized carbons (Fsp3) is 1.00. The molecule has 0 bridgehead atoms. The number of hydrogen-bond donors (Lipinski definition) is 0. The zero-order chi connectivity index (χ0) is 22.2. The summed E-state index contributed by atoms with van der Waals surface area (Å²) in [4.78, 5) is 0. The van der Waals surface area contributed by atoms with E-state index in [1.165, 1.54) is 51.4 Å². The van der Waals surface area contributed by atoms with Gasteiger partial charge in [-0.25, -0.2) is 0 Å². The highest BCUT2D eigenvalue weighted by molar-refractivity contribution is 6.83. The van der Waals surface area contributed by atoms with Crippen molar-refractivity contribution >= 4 is 139 Å². The highest BCUT2D eigenvalue weighted by atomic mass is 35.6. The van der Waals surface area contributed by atoms with E-state index < -0.39 is 20.6 Å². The molecule has 166 valence electrons. The van der Waals surface area contributed by atoms with Crippen molar-refractivity contribution in [3.8, 4) is 0 Å². The maximum atomic E-state index is 5.82. The summed E-state index contributed by atoms with van der Waals surface area (Å²) in [7, 11) is 0. The predicted molar refractivity (Wildman–Crippen MR) is 132 cm³/mol. The number of unbranched alkanes of at least 4 members (excludes halogenated alkanes) is 7. The van der Waals surface area contributed by atoms with Crippen LogP contribution in [0.4, 0.5) is 0 Å². The lowest BCUT2D eigenvalue weighted by atomic mass is 10.1. The molecule has 0 radical (unpaired) electrons. The molecule has 0 aromatic rings. The summed E-state index contributed by atoms with van der Waals surface area (Å²) in [5.74, 6) is 0. The molecule has 0 aliphatic rings. The molecule has 0 amide bonds. The summed E-state index contributed by atoms with van der Waals surface area (Å²) in [6, 6.07) is 0. The molecule has 0 aromatic heterocycles. The lowest BCUT2D eigenvalue weighted by molar-refractivity contribution is 0.585. The van der Waals surface area contributed by atoms with Gasteiger partial charge in [0.05, 0.1) is 0 Å². The Morgan fingerprint density at radius 1 is 0.370 bits per heavy atom. The van der Waals surface area contributed by atoms with Gasteiger partial charge in [-0.05, 0) is 0 Å². The third kappa shape index (κ3) is 10.3. The second-order valence-electron chi connectivity index (χ2n) is 5.84. The second kappa shape index (κ2) is 13.9. The van der Waals surface area contributed by atoms with Crippen LogP contribution in [-0.2, 0) is 0 Å². The fourth-order valence-corrected chi connectivity index (χ4v) is 4.52. The Kier molecular flexibility index (Phi) is 16.8. The van der Waals surface area contributed by atoms with Crippen LogP contribution < -0.4 is 0 Å². The standard InChI is InChI=1S/C10H22.C5Cl12/c1-3-5-7-9-10-8-6-4-2;6-1(7,2(8,9)4(12,13)14)3(10,11)5(15,16)17/h3-10H2,1-2H3;. The van der Waals surface area contributed by atoms with Gasteiger partial charge in [0, 0.05) is 0 Å². The van der Waals surface area contributed by atoms with Crippen LogP contribution in [0.1, 0.15) is 65.2 Å². The van der Waals surface area contributed by atoms with Crippen LogP contribution >= 0.6 is 139 Å². The lowest BCUT2D eigenvalue weighted by Crippen LogP contribution is -2.60. The van der Waals surface area contributed by atoms with Crippen LogP contribution in [0.25, 0.3) is 0 Å². The van der Waals surface area contributed by atoms with E-state index in [2.05, 4.69) is 13.8 Å². The topological polar surface area (TPSA) is 0 Å². The minimum Gasteiger partial charge on any atom is -0.0945 e. The molecule has 0 aromatic carbocycles. The summed E-state index contributed by atoms with van der Waals surface area (Å²) in [5, 5.41) is 0. The molecule has 27 heavy (non-hydrogen) atoms. The molecule has 0 saturated heterocycles. The predicted octanol–water partition coefficient (Wildman–Crippen LogP) is 11.4. The number of alkyl halides is 12. The SMILES string of the molecule is CCCCCCCCCC.ClC(Cl)(Cl)C(Cl)(Cl)C(Cl)(Cl)C(Cl)(Cl)C(Cl)(Cl)Cl. The van der Waals surface area contributed by atoms with E-state index >= 15 is 0 Å². The summed E-state index contributed by atoms with van der Waals surface area (Å²) >= 11 is 67.8. The Morgan fingerprint density at radius 2 is 0.593 bits per heavy atom. The normalized spacial score (nSPS) is 14.0. The van der Waals surface area contributed by atoms with Crippen molar-refractivity contribution < 1.29 is 0 Å². The Hall–Kier alpha value is 3.48.